The van der Waals surface area contributed by atoms with Crippen LogP contribution < -0.4 is 4.89 Å². The lowest BCUT2D eigenvalue weighted by Gasteiger charge is -2.05. The van der Waals surface area contributed by atoms with Gasteiger partial charge in [0.2, 0.25) is 0 Å². The predicted octanol–water partition coefficient (Wildman–Crippen LogP) is 0.364. The van der Waals surface area contributed by atoms with E-state index in [9.17, 15) is 17.6 Å². The quantitative estimate of drug-likeness (QED) is 0.752. The molecule has 0 aliphatic heterocycles. The van der Waals surface area contributed by atoms with E-state index in [0.717, 1.165) is 19.2 Å². The zero-order valence-electron chi connectivity index (χ0n) is 8.10. The van der Waals surface area contributed by atoms with Gasteiger partial charge in [0.05, 0.1) is 17.6 Å². The van der Waals surface area contributed by atoms with Crippen LogP contribution in [-0.4, -0.2) is 26.6 Å². The van der Waals surface area contributed by atoms with E-state index in [1.807, 2.05) is 0 Å². The molecule has 0 radical (unpaired) electrons. The second-order valence-electron chi connectivity index (χ2n) is 2.74. The van der Waals surface area contributed by atoms with Gasteiger partial charge in [0.1, 0.15) is 5.82 Å². The van der Waals surface area contributed by atoms with Gasteiger partial charge in [-0.15, -0.1) is 0 Å². The van der Waals surface area contributed by atoms with Gasteiger partial charge >= 0.3 is 5.97 Å². The van der Waals surface area contributed by atoms with Crippen molar-refractivity contribution in [1.29, 1.82) is 0 Å². The molecule has 2 N–H and O–H groups in total. The molecule has 88 valence electrons. The largest absolute Gasteiger partial charge is 0.478 e. The highest BCUT2D eigenvalue weighted by atomic mass is 32.2. The Morgan fingerprint density at radius 3 is 2.62 bits per heavy atom. The van der Waals surface area contributed by atoms with Crippen LogP contribution in [0.5, 0.6) is 0 Å². The molecule has 0 aromatic heterocycles. The lowest BCUT2D eigenvalue weighted by Crippen LogP contribution is -2.22. The van der Waals surface area contributed by atoms with E-state index in [2.05, 4.69) is 4.84 Å². The van der Waals surface area contributed by atoms with Crippen LogP contribution in [0.25, 0.3) is 0 Å². The van der Waals surface area contributed by atoms with Gasteiger partial charge in [-0.05, 0) is 18.2 Å². The summed E-state index contributed by atoms with van der Waals surface area (Å²) in [6.45, 7) is 0. The van der Waals surface area contributed by atoms with Gasteiger partial charge in [-0.2, -0.15) is 0 Å². The first-order valence-corrected chi connectivity index (χ1v) is 5.44. The Kier molecular flexibility index (Phi) is 3.58. The van der Waals surface area contributed by atoms with Gasteiger partial charge in [0.15, 0.2) is 0 Å². The van der Waals surface area contributed by atoms with Crippen molar-refractivity contribution in [3.8, 4) is 0 Å². The van der Waals surface area contributed by atoms with Crippen LogP contribution in [0.15, 0.2) is 23.1 Å². The van der Waals surface area contributed by atoms with Crippen LogP contribution >= 0.6 is 0 Å². The Labute approximate surface area is 90.7 Å². The minimum atomic E-state index is -3.99. The average Bonchev–Trinajstić information content (AvgIpc) is 2.17. The van der Waals surface area contributed by atoms with Crippen molar-refractivity contribution >= 4 is 16.0 Å². The predicted molar refractivity (Wildman–Crippen MR) is 50.7 cm³/mol. The summed E-state index contributed by atoms with van der Waals surface area (Å²) < 4.78 is 35.7. The SMILES string of the molecule is CONS(=O)(=O)c1ccc(F)c(C(=O)O)c1. The number of carboxylic acid groups (broad SMARTS) is 1. The summed E-state index contributed by atoms with van der Waals surface area (Å²) >= 11 is 0. The molecule has 1 rings (SSSR count). The standard InChI is InChI=1S/C8H8FNO5S/c1-15-10-16(13,14)5-2-3-7(9)6(4-5)8(11)12/h2-4,10H,1H3,(H,11,12). The van der Waals surface area contributed by atoms with Crippen LogP contribution in [0, 0.1) is 5.82 Å². The summed E-state index contributed by atoms with van der Waals surface area (Å²) in [7, 11) is -2.90. The number of nitrogens with one attached hydrogen (secondary N) is 1. The van der Waals surface area contributed by atoms with Gasteiger partial charge in [-0.25, -0.2) is 17.6 Å². The normalized spacial score (nSPS) is 11.4. The second kappa shape index (κ2) is 4.56. The fraction of sp³-hybridized carbons (Fsp3) is 0.125. The third kappa shape index (κ3) is 2.54. The van der Waals surface area contributed by atoms with Crippen molar-refractivity contribution in [3.63, 3.8) is 0 Å². The summed E-state index contributed by atoms with van der Waals surface area (Å²) in [5, 5.41) is 8.60. The number of carbonyl (C=O) groups is 1. The number of aromatic carboxylic acids is 1. The molecule has 1 aromatic rings. The van der Waals surface area contributed by atoms with E-state index in [0.29, 0.717) is 6.07 Å². The van der Waals surface area contributed by atoms with Crippen molar-refractivity contribution in [2.45, 2.75) is 4.90 Å². The molecule has 0 aliphatic rings. The van der Waals surface area contributed by atoms with Gasteiger partial charge < -0.3 is 5.11 Å². The number of halogens is 1. The molecule has 0 spiro atoms. The number of benzene rings is 1. The van der Waals surface area contributed by atoms with Crippen LogP contribution in [0.3, 0.4) is 0 Å². The first-order chi connectivity index (χ1) is 7.38. The van der Waals surface area contributed by atoms with Crippen LogP contribution in [0.2, 0.25) is 0 Å². The molecular weight excluding hydrogens is 241 g/mol. The summed E-state index contributed by atoms with van der Waals surface area (Å²) in [5.74, 6) is -2.56. The number of hydrogen-bond acceptors (Lipinski definition) is 4. The molecule has 0 atom stereocenters. The van der Waals surface area contributed by atoms with Gasteiger partial charge in [0, 0.05) is 0 Å². The summed E-state index contributed by atoms with van der Waals surface area (Å²) in [6.07, 6.45) is 0. The Bertz CT molecular complexity index is 513. The van der Waals surface area contributed by atoms with E-state index >= 15 is 0 Å². The fourth-order valence-corrected chi connectivity index (χ4v) is 1.83. The molecule has 0 aliphatic carbocycles. The smallest absolute Gasteiger partial charge is 0.338 e. The monoisotopic (exact) mass is 249 g/mol. The number of sulfonamides is 1. The molecule has 0 unspecified atom stereocenters. The molecule has 0 fully saturated rings. The van der Waals surface area contributed by atoms with E-state index in [4.69, 9.17) is 5.11 Å². The number of hydrogen-bond donors (Lipinski definition) is 2. The van der Waals surface area contributed by atoms with Crippen molar-refractivity contribution in [3.05, 3.63) is 29.6 Å². The maximum Gasteiger partial charge on any atom is 0.338 e. The Morgan fingerprint density at radius 2 is 2.12 bits per heavy atom. The fourth-order valence-electron chi connectivity index (χ4n) is 0.993. The highest BCUT2D eigenvalue weighted by Crippen LogP contribution is 2.14. The average molecular weight is 249 g/mol. The van der Waals surface area contributed by atoms with E-state index in [1.165, 1.54) is 0 Å². The minimum Gasteiger partial charge on any atom is -0.478 e. The Morgan fingerprint density at radius 1 is 1.50 bits per heavy atom. The minimum absolute atomic E-state index is 0.395. The van der Waals surface area contributed by atoms with Crippen LogP contribution in [0.1, 0.15) is 10.4 Å². The van der Waals surface area contributed by atoms with Crippen molar-refractivity contribution in [1.82, 2.24) is 4.89 Å². The summed E-state index contributed by atoms with van der Waals surface area (Å²) in [4.78, 5) is 16.1. The van der Waals surface area contributed by atoms with E-state index in [1.54, 1.807) is 4.89 Å². The number of rotatable bonds is 4. The maximum atomic E-state index is 13.0. The van der Waals surface area contributed by atoms with Gasteiger partial charge in [0.25, 0.3) is 10.0 Å². The molecule has 0 heterocycles. The third-order valence-corrected chi connectivity index (χ3v) is 2.93. The lowest BCUT2D eigenvalue weighted by atomic mass is 10.2. The zero-order valence-corrected chi connectivity index (χ0v) is 8.91. The molecule has 0 saturated heterocycles. The van der Waals surface area contributed by atoms with Gasteiger partial charge in [-0.3, -0.25) is 4.84 Å². The summed E-state index contributed by atoms with van der Waals surface area (Å²) in [6, 6.07) is 2.40. The first-order valence-electron chi connectivity index (χ1n) is 3.96. The van der Waals surface area contributed by atoms with Crippen LogP contribution in [-0.2, 0) is 14.9 Å². The highest BCUT2D eigenvalue weighted by Gasteiger charge is 2.18. The van der Waals surface area contributed by atoms with E-state index < -0.39 is 32.3 Å². The van der Waals surface area contributed by atoms with Crippen molar-refractivity contribution < 1.29 is 27.5 Å². The highest BCUT2D eigenvalue weighted by molar-refractivity contribution is 7.89. The maximum absolute atomic E-state index is 13.0. The summed E-state index contributed by atoms with van der Waals surface area (Å²) in [5.41, 5.74) is -0.723. The molecule has 8 heteroatoms. The molecule has 1 aromatic carbocycles. The van der Waals surface area contributed by atoms with E-state index in [-0.39, 0.29) is 0 Å². The van der Waals surface area contributed by atoms with Crippen LogP contribution in [0.4, 0.5) is 4.39 Å². The molecule has 16 heavy (non-hydrogen) atoms. The second-order valence-corrected chi connectivity index (χ2v) is 4.38. The molecule has 0 amide bonds. The molecule has 0 saturated carbocycles. The first kappa shape index (κ1) is 12.6. The third-order valence-electron chi connectivity index (χ3n) is 1.67. The molecule has 6 nitrogen and oxygen atoms in total. The van der Waals surface area contributed by atoms with Crippen molar-refractivity contribution in [2.24, 2.45) is 0 Å². The number of carboxylic acids is 1. The zero-order chi connectivity index (χ0) is 12.3. The molecular formula is C8H8FNO5S. The lowest BCUT2D eigenvalue weighted by molar-refractivity contribution is 0.0691. The molecule has 0 bridgehead atoms. The Balaban J connectivity index is 3.28. The Hall–Kier alpha value is -1.51. The topological polar surface area (TPSA) is 92.7 Å². The van der Waals surface area contributed by atoms with Crippen molar-refractivity contribution in [2.75, 3.05) is 7.11 Å². The van der Waals surface area contributed by atoms with Gasteiger partial charge in [-0.1, -0.05) is 4.89 Å².